The van der Waals surface area contributed by atoms with E-state index in [0.29, 0.717) is 30.3 Å². The minimum atomic E-state index is -3.58. The minimum Gasteiger partial charge on any atom is -0.497 e. The maximum absolute atomic E-state index is 13.0. The molecule has 0 saturated carbocycles. The molecule has 0 bridgehead atoms. The van der Waals surface area contributed by atoms with Crippen molar-refractivity contribution in [3.63, 3.8) is 0 Å². The van der Waals surface area contributed by atoms with Crippen molar-refractivity contribution in [1.82, 2.24) is 14.3 Å². The number of hydrogen-bond acceptors (Lipinski definition) is 4. The number of nitrogens with zero attached hydrogens (tertiary/aromatic N) is 2. The van der Waals surface area contributed by atoms with Crippen LogP contribution in [-0.2, 0) is 23.0 Å². The van der Waals surface area contributed by atoms with Crippen LogP contribution in [0.5, 0.6) is 5.75 Å². The molecule has 25 heavy (non-hydrogen) atoms. The Hall–Kier alpha value is -2.09. The SMILES string of the molecule is COc1ccc(S(=O)(=O)N2CCc3[nH]c4ncc(Cl)cc4c3C2)cc1. The molecule has 0 radical (unpaired) electrons. The summed E-state index contributed by atoms with van der Waals surface area (Å²) >= 11 is 6.05. The van der Waals surface area contributed by atoms with E-state index in [0.717, 1.165) is 22.3 Å². The first-order valence-electron chi connectivity index (χ1n) is 7.78. The molecule has 0 atom stereocenters. The van der Waals surface area contributed by atoms with Crippen LogP contribution in [-0.4, -0.2) is 36.3 Å². The van der Waals surface area contributed by atoms with E-state index in [4.69, 9.17) is 16.3 Å². The van der Waals surface area contributed by atoms with E-state index in [2.05, 4.69) is 9.97 Å². The van der Waals surface area contributed by atoms with Gasteiger partial charge in [-0.05, 0) is 35.9 Å². The van der Waals surface area contributed by atoms with E-state index in [1.165, 1.54) is 4.31 Å². The Kier molecular flexibility index (Phi) is 3.94. The largest absolute Gasteiger partial charge is 0.497 e. The summed E-state index contributed by atoms with van der Waals surface area (Å²) in [5.41, 5.74) is 2.69. The molecule has 0 spiro atoms. The van der Waals surface area contributed by atoms with Crippen LogP contribution in [0.3, 0.4) is 0 Å². The highest BCUT2D eigenvalue weighted by Crippen LogP contribution is 2.31. The van der Waals surface area contributed by atoms with Gasteiger partial charge in [0, 0.05) is 36.8 Å². The van der Waals surface area contributed by atoms with Gasteiger partial charge in [-0.1, -0.05) is 11.6 Å². The van der Waals surface area contributed by atoms with E-state index < -0.39 is 10.0 Å². The van der Waals surface area contributed by atoms with Crippen LogP contribution in [0.1, 0.15) is 11.3 Å². The van der Waals surface area contributed by atoms with Crippen molar-refractivity contribution in [2.75, 3.05) is 13.7 Å². The molecule has 0 amide bonds. The lowest BCUT2D eigenvalue weighted by Crippen LogP contribution is -2.35. The lowest BCUT2D eigenvalue weighted by Gasteiger charge is -2.26. The lowest BCUT2D eigenvalue weighted by molar-refractivity contribution is 0.391. The Morgan fingerprint density at radius 3 is 2.76 bits per heavy atom. The summed E-state index contributed by atoms with van der Waals surface area (Å²) in [5.74, 6) is 0.622. The molecular formula is C17H16ClN3O3S. The number of methoxy groups -OCH3 is 1. The molecule has 1 N–H and O–H groups in total. The van der Waals surface area contributed by atoms with Crippen molar-refractivity contribution < 1.29 is 13.2 Å². The standard InChI is InChI=1S/C17H16ClN3O3S/c1-24-12-2-4-13(5-3-12)25(22,23)21-7-6-16-15(10-21)14-8-11(18)9-19-17(14)20-16/h2-5,8-9H,6-7,10H2,1H3,(H,19,20). The fraction of sp³-hybridized carbons (Fsp3) is 0.235. The third kappa shape index (κ3) is 2.78. The number of aromatic amines is 1. The number of pyridine rings is 1. The van der Waals surface area contributed by atoms with Gasteiger partial charge in [0.2, 0.25) is 10.0 Å². The van der Waals surface area contributed by atoms with Gasteiger partial charge in [-0.3, -0.25) is 0 Å². The van der Waals surface area contributed by atoms with Gasteiger partial charge >= 0.3 is 0 Å². The molecule has 8 heteroatoms. The predicted octanol–water partition coefficient (Wildman–Crippen LogP) is 2.97. The van der Waals surface area contributed by atoms with Crippen LogP contribution in [0.15, 0.2) is 41.4 Å². The summed E-state index contributed by atoms with van der Waals surface area (Å²) in [4.78, 5) is 7.80. The lowest BCUT2D eigenvalue weighted by atomic mass is 10.1. The topological polar surface area (TPSA) is 75.3 Å². The molecule has 6 nitrogen and oxygen atoms in total. The van der Waals surface area contributed by atoms with Crippen molar-refractivity contribution in [3.8, 4) is 5.75 Å². The number of nitrogens with one attached hydrogen (secondary N) is 1. The molecule has 0 aliphatic carbocycles. The molecule has 4 rings (SSSR count). The van der Waals surface area contributed by atoms with E-state index >= 15 is 0 Å². The number of ether oxygens (including phenoxy) is 1. The van der Waals surface area contributed by atoms with Crippen LogP contribution in [0.4, 0.5) is 0 Å². The molecule has 0 fully saturated rings. The Balaban J connectivity index is 1.71. The first kappa shape index (κ1) is 16.4. The number of sulfonamides is 1. The highest BCUT2D eigenvalue weighted by Gasteiger charge is 2.30. The molecule has 0 saturated heterocycles. The number of fused-ring (bicyclic) bond motifs is 3. The third-order valence-electron chi connectivity index (χ3n) is 4.46. The zero-order chi connectivity index (χ0) is 17.6. The van der Waals surface area contributed by atoms with Crippen LogP contribution in [0, 0.1) is 0 Å². The van der Waals surface area contributed by atoms with Crippen molar-refractivity contribution >= 4 is 32.7 Å². The highest BCUT2D eigenvalue weighted by atomic mass is 35.5. The molecule has 1 aliphatic heterocycles. The normalized spacial score (nSPS) is 15.3. The molecule has 130 valence electrons. The zero-order valence-corrected chi connectivity index (χ0v) is 15.1. The average Bonchev–Trinajstić information content (AvgIpc) is 2.99. The quantitative estimate of drug-likeness (QED) is 0.761. The van der Waals surface area contributed by atoms with Gasteiger partial charge in [0.15, 0.2) is 0 Å². The Bertz CT molecular complexity index is 1040. The third-order valence-corrected chi connectivity index (χ3v) is 6.52. The zero-order valence-electron chi connectivity index (χ0n) is 13.5. The monoisotopic (exact) mass is 377 g/mol. The van der Waals surface area contributed by atoms with Crippen LogP contribution in [0.25, 0.3) is 11.0 Å². The van der Waals surface area contributed by atoms with E-state index in [9.17, 15) is 8.42 Å². The van der Waals surface area contributed by atoms with Crippen molar-refractivity contribution in [2.45, 2.75) is 17.9 Å². The summed E-state index contributed by atoms with van der Waals surface area (Å²) in [6.07, 6.45) is 2.19. The van der Waals surface area contributed by atoms with Gasteiger partial charge in [0.25, 0.3) is 0 Å². The first-order valence-corrected chi connectivity index (χ1v) is 9.60. The van der Waals surface area contributed by atoms with Crippen LogP contribution >= 0.6 is 11.6 Å². The van der Waals surface area contributed by atoms with E-state index in [1.54, 1.807) is 37.6 Å². The summed E-state index contributed by atoms with van der Waals surface area (Å²) in [6.45, 7) is 0.716. The van der Waals surface area contributed by atoms with Crippen LogP contribution < -0.4 is 4.74 Å². The maximum atomic E-state index is 13.0. The van der Waals surface area contributed by atoms with Gasteiger partial charge in [-0.25, -0.2) is 13.4 Å². The van der Waals surface area contributed by atoms with Gasteiger partial charge in [-0.15, -0.1) is 0 Å². The minimum absolute atomic E-state index is 0.257. The van der Waals surface area contributed by atoms with Crippen molar-refractivity contribution in [1.29, 1.82) is 0 Å². The Morgan fingerprint density at radius 1 is 1.28 bits per heavy atom. The summed E-state index contributed by atoms with van der Waals surface area (Å²) in [5, 5.41) is 1.40. The smallest absolute Gasteiger partial charge is 0.243 e. The van der Waals surface area contributed by atoms with Gasteiger partial charge in [-0.2, -0.15) is 4.31 Å². The number of hydrogen-bond donors (Lipinski definition) is 1. The van der Waals surface area contributed by atoms with Gasteiger partial charge in [0.1, 0.15) is 11.4 Å². The van der Waals surface area contributed by atoms with Crippen molar-refractivity contribution in [2.24, 2.45) is 0 Å². The number of aromatic nitrogens is 2. The summed E-state index contributed by atoms with van der Waals surface area (Å²) < 4.78 is 32.5. The number of H-pyrrole nitrogens is 1. The Labute approximate surface area is 150 Å². The Morgan fingerprint density at radius 2 is 2.04 bits per heavy atom. The predicted molar refractivity (Wildman–Crippen MR) is 95.4 cm³/mol. The number of rotatable bonds is 3. The molecular weight excluding hydrogens is 362 g/mol. The summed E-state index contributed by atoms with van der Waals surface area (Å²) in [7, 11) is -2.03. The van der Waals surface area contributed by atoms with E-state index in [1.807, 2.05) is 6.07 Å². The molecule has 1 aliphatic rings. The number of halogens is 1. The summed E-state index contributed by atoms with van der Waals surface area (Å²) in [6, 6.07) is 8.26. The number of benzene rings is 1. The highest BCUT2D eigenvalue weighted by molar-refractivity contribution is 7.89. The van der Waals surface area contributed by atoms with Gasteiger partial charge < -0.3 is 9.72 Å². The van der Waals surface area contributed by atoms with Crippen LogP contribution in [0.2, 0.25) is 5.02 Å². The second-order valence-electron chi connectivity index (χ2n) is 5.90. The molecule has 3 heterocycles. The fourth-order valence-corrected chi connectivity index (χ4v) is 4.70. The molecule has 1 aromatic carbocycles. The second kappa shape index (κ2) is 6.01. The fourth-order valence-electron chi connectivity index (χ4n) is 3.14. The molecule has 2 aromatic heterocycles. The molecule has 0 unspecified atom stereocenters. The van der Waals surface area contributed by atoms with Crippen molar-refractivity contribution in [3.05, 3.63) is 52.8 Å². The van der Waals surface area contributed by atoms with E-state index in [-0.39, 0.29) is 4.90 Å². The second-order valence-corrected chi connectivity index (χ2v) is 8.27. The average molecular weight is 378 g/mol. The first-order chi connectivity index (χ1) is 12.0. The van der Waals surface area contributed by atoms with Gasteiger partial charge in [0.05, 0.1) is 17.0 Å². The molecule has 3 aromatic rings. The maximum Gasteiger partial charge on any atom is 0.243 e.